The van der Waals surface area contributed by atoms with Gasteiger partial charge >= 0.3 is 6.03 Å². The molecule has 8 aromatic heterocycles. The molecular weight excluding hydrogens is 1170 g/mol. The zero-order chi connectivity index (χ0) is 62.3. The number of hydrogen-bond donors (Lipinski definition) is 2. The second-order valence-electron chi connectivity index (χ2n) is 22.4. The molecule has 460 valence electrons. The number of imidazole rings is 2. The number of thiazole rings is 2. The van der Waals surface area contributed by atoms with Crippen molar-refractivity contribution in [1.29, 1.82) is 10.5 Å². The van der Waals surface area contributed by atoms with E-state index in [1.807, 2.05) is 64.3 Å². The summed E-state index contributed by atoms with van der Waals surface area (Å²) in [6.07, 6.45) is 14.4. The lowest BCUT2D eigenvalue weighted by molar-refractivity contribution is 0.159. The number of urea groups is 1. The number of nitriles is 2. The first-order valence-electron chi connectivity index (χ1n) is 30.7. The van der Waals surface area contributed by atoms with Crippen molar-refractivity contribution in [2.45, 2.75) is 52.4 Å². The third-order valence-corrected chi connectivity index (χ3v) is 18.8. The van der Waals surface area contributed by atoms with Crippen molar-refractivity contribution in [1.82, 2.24) is 59.1 Å². The number of pyridine rings is 4. The lowest BCUT2D eigenvalue weighted by Gasteiger charge is -2.37. The predicted molar refractivity (Wildman–Crippen MR) is 353 cm³/mol. The number of nitrogens with one attached hydrogen (secondary N) is 2. The largest absolute Gasteiger partial charge is 0.354 e. The minimum Gasteiger partial charge on any atom is -0.354 e. The van der Waals surface area contributed by atoms with Gasteiger partial charge in [0.05, 0.1) is 11.4 Å². The maximum absolute atomic E-state index is 13.6. The molecule has 0 unspecified atom stereocenters. The smallest absolute Gasteiger partial charge is 0.320 e. The molecule has 23 heteroatoms. The average molecular weight is 1250 g/mol. The monoisotopic (exact) mass is 1240 g/mol. The van der Waals surface area contributed by atoms with Gasteiger partial charge in [-0.05, 0) is 149 Å². The molecule has 0 aliphatic carbocycles. The van der Waals surface area contributed by atoms with Crippen molar-refractivity contribution in [2.24, 2.45) is 0 Å². The summed E-state index contributed by atoms with van der Waals surface area (Å²) in [5, 5.41) is 27.6. The fourth-order valence-electron chi connectivity index (χ4n) is 11.8. The van der Waals surface area contributed by atoms with Crippen molar-refractivity contribution < 1.29 is 13.6 Å². The summed E-state index contributed by atoms with van der Waals surface area (Å²) >= 11 is 2.60. The zero-order valence-electron chi connectivity index (χ0n) is 50.9. The lowest BCUT2D eigenvalue weighted by Crippen LogP contribution is -2.52. The summed E-state index contributed by atoms with van der Waals surface area (Å²) in [4.78, 5) is 55.0. The molecule has 2 amide bonds. The summed E-state index contributed by atoms with van der Waals surface area (Å²) < 4.78 is 31.2. The number of aromatic nitrogens is 8. The van der Waals surface area contributed by atoms with Crippen molar-refractivity contribution >= 4 is 73.5 Å². The van der Waals surface area contributed by atoms with E-state index in [0.29, 0.717) is 62.0 Å². The minimum atomic E-state index is -0.336. The number of aryl methyl sites for hydroxylation is 2. The number of piperazine rings is 2. The number of fused-ring (bicyclic) bond motifs is 2. The lowest BCUT2D eigenvalue weighted by atomic mass is 10.1. The minimum absolute atomic E-state index is 0.167. The Morgan fingerprint density at radius 1 is 0.511 bits per heavy atom. The van der Waals surface area contributed by atoms with Gasteiger partial charge < -0.3 is 40.0 Å². The van der Waals surface area contributed by atoms with Gasteiger partial charge in [0.1, 0.15) is 79.5 Å². The van der Waals surface area contributed by atoms with Gasteiger partial charge in [-0.2, -0.15) is 10.5 Å². The molecule has 4 aliphatic rings. The Bertz CT molecular complexity index is 4200. The average Bonchev–Trinajstić information content (AvgIpc) is 2.82. The summed E-state index contributed by atoms with van der Waals surface area (Å²) in [6, 6.07) is 33.2. The van der Waals surface area contributed by atoms with E-state index in [1.54, 1.807) is 24.3 Å². The van der Waals surface area contributed by atoms with Crippen LogP contribution in [0.4, 0.5) is 47.1 Å². The molecule has 2 aromatic carbocycles. The molecule has 19 nitrogen and oxygen atoms in total. The third kappa shape index (κ3) is 13.0. The van der Waals surface area contributed by atoms with Gasteiger partial charge in [0.25, 0.3) is 0 Å². The SMILES string of the molecule is C1CCNC1.CCc1nc2ccc(-c3ccc(N4CCN(C(=O)N5CCCC5)CC4)nc3)cn2c1N(C)c1nc(-c2ccc(F)cc2)c(C#N)s1.CCc1nc2ccc(-c3ccc(N4CCNCC4)nc3)cn2c1N(C)c1nc(-c2ccc(F)cc2)c(C#N)s1. The molecule has 4 saturated heterocycles. The number of amides is 2. The molecule has 0 spiro atoms. The highest BCUT2D eigenvalue weighted by Gasteiger charge is 2.29. The molecule has 0 atom stereocenters. The molecule has 10 aromatic rings. The number of carbonyl (C=O) groups is 1. The van der Waals surface area contributed by atoms with Crippen LogP contribution in [0.1, 0.15) is 60.7 Å². The number of rotatable bonds is 12. The number of carbonyl (C=O) groups excluding carboxylic acids is 1. The van der Waals surface area contributed by atoms with Crippen molar-refractivity contribution in [2.75, 3.05) is 112 Å². The van der Waals surface area contributed by atoms with Crippen LogP contribution in [-0.4, -0.2) is 147 Å². The molecule has 4 fully saturated rings. The van der Waals surface area contributed by atoms with E-state index in [4.69, 9.17) is 29.9 Å². The van der Waals surface area contributed by atoms with Crippen LogP contribution >= 0.6 is 22.7 Å². The van der Waals surface area contributed by atoms with Crippen LogP contribution in [-0.2, 0) is 12.8 Å². The molecule has 14 rings (SSSR count). The van der Waals surface area contributed by atoms with Crippen LogP contribution in [0.25, 0.3) is 56.1 Å². The van der Waals surface area contributed by atoms with Gasteiger partial charge in [-0.15, -0.1) is 0 Å². The van der Waals surface area contributed by atoms with Crippen molar-refractivity contribution in [3.8, 4) is 56.9 Å². The second-order valence-corrected chi connectivity index (χ2v) is 24.4. The summed E-state index contributed by atoms with van der Waals surface area (Å²) in [5.41, 5.74) is 9.99. The Morgan fingerprint density at radius 3 is 1.32 bits per heavy atom. The van der Waals surface area contributed by atoms with Crippen molar-refractivity contribution in [3.63, 3.8) is 0 Å². The molecule has 2 N–H and O–H groups in total. The van der Waals surface area contributed by atoms with E-state index in [2.05, 4.69) is 97.9 Å². The number of hydrogen-bond acceptors (Lipinski definition) is 17. The van der Waals surface area contributed by atoms with Crippen LogP contribution in [0, 0.1) is 34.3 Å². The summed E-state index contributed by atoms with van der Waals surface area (Å²) in [5.74, 6) is 3.00. The Kier molecular flexibility index (Phi) is 18.6. The van der Waals surface area contributed by atoms with E-state index in [0.717, 1.165) is 140 Å². The number of likely N-dealkylation sites (tertiary alicyclic amines) is 1. The first-order valence-corrected chi connectivity index (χ1v) is 32.3. The van der Waals surface area contributed by atoms with Gasteiger partial charge in [0.15, 0.2) is 10.3 Å². The first kappa shape index (κ1) is 60.9. The van der Waals surface area contributed by atoms with Crippen LogP contribution in [0.3, 0.4) is 0 Å². The van der Waals surface area contributed by atoms with E-state index < -0.39 is 0 Å². The fourth-order valence-corrected chi connectivity index (χ4v) is 13.5. The summed E-state index contributed by atoms with van der Waals surface area (Å²) in [6.45, 7) is 15.2. The number of nitrogens with zero attached hydrogens (tertiary/aromatic N) is 16. The van der Waals surface area contributed by atoms with Crippen LogP contribution in [0.15, 0.2) is 122 Å². The van der Waals surface area contributed by atoms with Crippen molar-refractivity contribution in [3.05, 3.63) is 155 Å². The molecule has 12 heterocycles. The summed E-state index contributed by atoms with van der Waals surface area (Å²) in [7, 11) is 3.87. The molecule has 0 saturated carbocycles. The number of anilines is 6. The molecule has 0 radical (unpaired) electrons. The van der Waals surface area contributed by atoms with Gasteiger partial charge in [0, 0.05) is 138 Å². The van der Waals surface area contributed by atoms with Crippen LogP contribution in [0.5, 0.6) is 0 Å². The quantitative estimate of drug-likeness (QED) is 0.117. The van der Waals surface area contributed by atoms with Gasteiger partial charge in [-0.1, -0.05) is 36.5 Å². The molecule has 90 heavy (non-hydrogen) atoms. The van der Waals surface area contributed by atoms with Gasteiger partial charge in [-0.25, -0.2) is 43.5 Å². The Morgan fingerprint density at radius 2 is 0.922 bits per heavy atom. The van der Waals surface area contributed by atoms with Crippen LogP contribution in [0.2, 0.25) is 0 Å². The highest BCUT2D eigenvalue weighted by Crippen LogP contribution is 2.40. The van der Waals surface area contributed by atoms with E-state index in [9.17, 15) is 24.1 Å². The topological polar surface area (TPSA) is 194 Å². The molecule has 4 aliphatic heterocycles. The third-order valence-electron chi connectivity index (χ3n) is 16.7. The number of benzene rings is 2. The van der Waals surface area contributed by atoms with E-state index >= 15 is 0 Å². The van der Waals surface area contributed by atoms with Gasteiger partial charge in [-0.3, -0.25) is 8.80 Å². The van der Waals surface area contributed by atoms with Gasteiger partial charge in [0.2, 0.25) is 0 Å². The maximum Gasteiger partial charge on any atom is 0.320 e. The fraction of sp³-hybridized carbons (Fsp3) is 0.328. The Labute approximate surface area is 530 Å². The van der Waals surface area contributed by atoms with E-state index in [1.165, 1.54) is 72.9 Å². The zero-order valence-corrected chi connectivity index (χ0v) is 52.5. The Balaban J connectivity index is 0.000000163. The van der Waals surface area contributed by atoms with E-state index in [-0.39, 0.29) is 17.7 Å². The highest BCUT2D eigenvalue weighted by molar-refractivity contribution is 7.17. The number of halogens is 2. The maximum atomic E-state index is 13.6. The second kappa shape index (κ2) is 27.6. The Hall–Kier alpha value is -9.39. The standard InChI is InChI=1S/C34H34FN9OS.C29H27FN8S.C4H9N/c1-3-27-32(40(2)33-39-31(28(20-36)46-33)23-6-10-26(35)11-7-23)44-22-25(9-13-30(44)38-27)24-8-12-29(37-21-24)41-16-18-43(19-17-41)34(45)42-14-4-5-15-42;1-3-23-28(36(2)29-35-27(24(16-31)39-29)19-4-8-22(30)9-5-19)38-18-21(7-11-26(38)34-23)20-6-10-25(33-17-20)37-14-12-32-13-15-37;1-2-4-5-3-1/h6-13,21-22H,3-5,14-19H2,1-2H3;4-11,17-18,32H,3,12-15H2,1-2H3;5H,1-4H2. The normalized spacial score (nSPS) is 14.9. The highest BCUT2D eigenvalue weighted by atomic mass is 32.1. The molecule has 0 bridgehead atoms. The first-order chi connectivity index (χ1) is 44.0. The predicted octanol–water partition coefficient (Wildman–Crippen LogP) is 11.8. The van der Waals surface area contributed by atoms with Crippen LogP contribution < -0.4 is 30.2 Å². The molecular formula is C67H70F2N18OS2.